The van der Waals surface area contributed by atoms with Gasteiger partial charge in [-0.3, -0.25) is 4.79 Å². The minimum atomic E-state index is -1.02. The van der Waals surface area contributed by atoms with Crippen LogP contribution in [0.5, 0.6) is 0 Å². The average molecular weight is 318 g/mol. The molecule has 1 aromatic heterocycles. The lowest BCUT2D eigenvalue weighted by Crippen LogP contribution is -2.41. The standard InChI is InChI=1S/C16H18N2O3S/c1-10(2)8-12(16(20)21)18-14(19)13-9-17-15(22-13)11-6-4-3-5-7-11/h3-7,9-10,12H,8H2,1-2H3,(H,18,19)(H,20,21). The number of rotatable bonds is 6. The van der Waals surface area contributed by atoms with Gasteiger partial charge < -0.3 is 10.4 Å². The summed E-state index contributed by atoms with van der Waals surface area (Å²) in [6.45, 7) is 3.84. The molecule has 22 heavy (non-hydrogen) atoms. The number of carboxylic acid groups (broad SMARTS) is 1. The van der Waals surface area contributed by atoms with E-state index in [2.05, 4.69) is 10.3 Å². The summed E-state index contributed by atoms with van der Waals surface area (Å²) in [4.78, 5) is 28.0. The predicted molar refractivity (Wildman–Crippen MR) is 85.9 cm³/mol. The van der Waals surface area contributed by atoms with E-state index in [9.17, 15) is 14.7 Å². The van der Waals surface area contributed by atoms with Crippen LogP contribution in [0.2, 0.25) is 0 Å². The summed E-state index contributed by atoms with van der Waals surface area (Å²) >= 11 is 1.25. The van der Waals surface area contributed by atoms with Gasteiger partial charge in [-0.1, -0.05) is 44.2 Å². The Morgan fingerprint density at radius 2 is 1.95 bits per heavy atom. The maximum absolute atomic E-state index is 12.2. The van der Waals surface area contributed by atoms with Gasteiger partial charge >= 0.3 is 5.97 Å². The molecule has 116 valence electrons. The first kappa shape index (κ1) is 16.2. The number of nitrogens with one attached hydrogen (secondary N) is 1. The van der Waals surface area contributed by atoms with Crippen molar-refractivity contribution in [2.24, 2.45) is 5.92 Å². The molecule has 1 atom stereocenters. The lowest BCUT2D eigenvalue weighted by Gasteiger charge is -2.15. The first-order valence-electron chi connectivity index (χ1n) is 7.02. The van der Waals surface area contributed by atoms with Gasteiger partial charge in [-0.05, 0) is 12.3 Å². The van der Waals surface area contributed by atoms with Crippen molar-refractivity contribution in [3.63, 3.8) is 0 Å². The predicted octanol–water partition coefficient (Wildman–Crippen LogP) is 3.04. The number of carbonyl (C=O) groups excluding carboxylic acids is 1. The van der Waals surface area contributed by atoms with Crippen LogP contribution in [0.3, 0.4) is 0 Å². The molecule has 0 saturated carbocycles. The molecule has 0 aliphatic heterocycles. The minimum Gasteiger partial charge on any atom is -0.480 e. The van der Waals surface area contributed by atoms with Crippen molar-refractivity contribution in [2.75, 3.05) is 0 Å². The number of thiazole rings is 1. The van der Waals surface area contributed by atoms with E-state index < -0.39 is 17.9 Å². The number of carboxylic acids is 1. The Morgan fingerprint density at radius 1 is 1.27 bits per heavy atom. The van der Waals surface area contributed by atoms with E-state index in [-0.39, 0.29) is 5.92 Å². The van der Waals surface area contributed by atoms with Crippen LogP contribution in [-0.4, -0.2) is 28.0 Å². The Bertz CT molecular complexity index is 652. The molecule has 5 nitrogen and oxygen atoms in total. The summed E-state index contributed by atoms with van der Waals surface area (Å²) in [5.41, 5.74) is 0.934. The Morgan fingerprint density at radius 3 is 2.55 bits per heavy atom. The van der Waals surface area contributed by atoms with E-state index in [0.29, 0.717) is 11.3 Å². The number of hydrogen-bond acceptors (Lipinski definition) is 4. The number of benzene rings is 1. The highest BCUT2D eigenvalue weighted by atomic mass is 32.1. The fourth-order valence-corrected chi connectivity index (χ4v) is 2.84. The van der Waals surface area contributed by atoms with E-state index >= 15 is 0 Å². The van der Waals surface area contributed by atoms with E-state index in [4.69, 9.17) is 0 Å². The third kappa shape index (κ3) is 4.14. The van der Waals surface area contributed by atoms with Gasteiger partial charge in [-0.2, -0.15) is 0 Å². The summed E-state index contributed by atoms with van der Waals surface area (Å²) in [5.74, 6) is -1.23. The third-order valence-electron chi connectivity index (χ3n) is 3.06. The van der Waals surface area contributed by atoms with Crippen LogP contribution in [0.4, 0.5) is 0 Å². The topological polar surface area (TPSA) is 79.3 Å². The monoisotopic (exact) mass is 318 g/mol. The smallest absolute Gasteiger partial charge is 0.326 e. The molecule has 0 saturated heterocycles. The van der Waals surface area contributed by atoms with Gasteiger partial charge in [-0.15, -0.1) is 11.3 Å². The SMILES string of the molecule is CC(C)CC(NC(=O)c1cnc(-c2ccccc2)s1)C(=O)O. The Balaban J connectivity index is 2.10. The van der Waals surface area contributed by atoms with Crippen molar-refractivity contribution >= 4 is 23.2 Å². The molecule has 2 rings (SSSR count). The molecule has 0 spiro atoms. The normalized spacial score (nSPS) is 12.1. The van der Waals surface area contributed by atoms with Crippen molar-refractivity contribution in [2.45, 2.75) is 26.3 Å². The third-order valence-corrected chi connectivity index (χ3v) is 4.11. The van der Waals surface area contributed by atoms with Crippen molar-refractivity contribution in [3.05, 3.63) is 41.4 Å². The largest absolute Gasteiger partial charge is 0.480 e. The zero-order chi connectivity index (χ0) is 16.1. The zero-order valence-corrected chi connectivity index (χ0v) is 13.3. The molecule has 0 fully saturated rings. The van der Waals surface area contributed by atoms with Crippen molar-refractivity contribution < 1.29 is 14.7 Å². The Hall–Kier alpha value is -2.21. The summed E-state index contributed by atoms with van der Waals surface area (Å²) < 4.78 is 0. The summed E-state index contributed by atoms with van der Waals surface area (Å²) in [6.07, 6.45) is 1.88. The molecule has 0 radical (unpaired) electrons. The first-order chi connectivity index (χ1) is 10.5. The first-order valence-corrected chi connectivity index (χ1v) is 7.84. The second kappa shape index (κ2) is 7.17. The average Bonchev–Trinajstić information content (AvgIpc) is 2.96. The highest BCUT2D eigenvalue weighted by molar-refractivity contribution is 7.16. The van der Waals surface area contributed by atoms with Crippen LogP contribution in [0.1, 0.15) is 29.9 Å². The Labute approximate surface area is 133 Å². The van der Waals surface area contributed by atoms with E-state index in [1.54, 1.807) is 0 Å². The molecule has 6 heteroatoms. The molecular weight excluding hydrogens is 300 g/mol. The van der Waals surface area contributed by atoms with E-state index in [1.165, 1.54) is 17.5 Å². The second-order valence-corrected chi connectivity index (χ2v) is 6.42. The van der Waals surface area contributed by atoms with Crippen molar-refractivity contribution in [3.8, 4) is 10.6 Å². The van der Waals surface area contributed by atoms with Gasteiger partial charge in [-0.25, -0.2) is 9.78 Å². The van der Waals surface area contributed by atoms with Gasteiger partial charge in [0, 0.05) is 5.56 Å². The Kier molecular flexibility index (Phi) is 5.27. The summed E-state index contributed by atoms with van der Waals surface area (Å²) in [6, 6.07) is 8.67. The zero-order valence-electron chi connectivity index (χ0n) is 12.4. The molecule has 0 aliphatic carbocycles. The van der Waals surface area contributed by atoms with Crippen molar-refractivity contribution in [1.29, 1.82) is 0 Å². The molecule has 0 bridgehead atoms. The molecule has 1 heterocycles. The van der Waals surface area contributed by atoms with Crippen LogP contribution in [-0.2, 0) is 4.79 Å². The molecule has 2 N–H and O–H groups in total. The van der Waals surface area contributed by atoms with Crippen LogP contribution in [0.15, 0.2) is 36.5 Å². The maximum atomic E-state index is 12.2. The molecule has 0 aliphatic rings. The van der Waals surface area contributed by atoms with Crippen LogP contribution in [0, 0.1) is 5.92 Å². The van der Waals surface area contributed by atoms with Crippen LogP contribution < -0.4 is 5.32 Å². The quantitative estimate of drug-likeness (QED) is 0.858. The van der Waals surface area contributed by atoms with Gasteiger partial charge in [0.1, 0.15) is 15.9 Å². The molecular formula is C16H18N2O3S. The highest BCUT2D eigenvalue weighted by Crippen LogP contribution is 2.24. The number of amides is 1. The fourth-order valence-electron chi connectivity index (χ4n) is 2.02. The molecule has 1 aromatic carbocycles. The number of hydrogen-bond donors (Lipinski definition) is 2. The fraction of sp³-hybridized carbons (Fsp3) is 0.312. The number of aromatic nitrogens is 1. The van der Waals surface area contributed by atoms with Gasteiger partial charge in [0.2, 0.25) is 0 Å². The number of carbonyl (C=O) groups is 2. The number of aliphatic carboxylic acids is 1. The number of nitrogens with zero attached hydrogens (tertiary/aromatic N) is 1. The molecule has 2 aromatic rings. The van der Waals surface area contributed by atoms with Gasteiger partial charge in [0.25, 0.3) is 5.91 Å². The summed E-state index contributed by atoms with van der Waals surface area (Å²) in [7, 11) is 0. The van der Waals surface area contributed by atoms with E-state index in [1.807, 2.05) is 44.2 Å². The highest BCUT2D eigenvalue weighted by Gasteiger charge is 2.22. The van der Waals surface area contributed by atoms with Crippen molar-refractivity contribution in [1.82, 2.24) is 10.3 Å². The van der Waals surface area contributed by atoms with E-state index in [0.717, 1.165) is 10.6 Å². The van der Waals surface area contributed by atoms with Gasteiger partial charge in [0.05, 0.1) is 6.20 Å². The van der Waals surface area contributed by atoms with Crippen LogP contribution >= 0.6 is 11.3 Å². The lowest BCUT2D eigenvalue weighted by atomic mass is 10.0. The molecule has 1 unspecified atom stereocenters. The minimum absolute atomic E-state index is 0.183. The maximum Gasteiger partial charge on any atom is 0.326 e. The summed E-state index contributed by atoms with van der Waals surface area (Å²) in [5, 5.41) is 12.5. The molecule has 1 amide bonds. The van der Waals surface area contributed by atoms with Crippen LogP contribution in [0.25, 0.3) is 10.6 Å². The lowest BCUT2D eigenvalue weighted by molar-refractivity contribution is -0.139. The second-order valence-electron chi connectivity index (χ2n) is 5.39. The van der Waals surface area contributed by atoms with Gasteiger partial charge in [0.15, 0.2) is 0 Å².